The Morgan fingerprint density at radius 3 is 2.38 bits per heavy atom. The van der Waals surface area contributed by atoms with Crippen LogP contribution in [0.3, 0.4) is 0 Å². The van der Waals surface area contributed by atoms with E-state index in [9.17, 15) is 18.0 Å². The highest BCUT2D eigenvalue weighted by Crippen LogP contribution is 2.45. The Balaban J connectivity index is 1.53. The first-order chi connectivity index (χ1) is 16.3. The highest BCUT2D eigenvalue weighted by atomic mass is 19.4. The first-order valence-corrected chi connectivity index (χ1v) is 10.6. The molecule has 2 heterocycles. The highest BCUT2D eigenvalue weighted by molar-refractivity contribution is 6.00. The Morgan fingerprint density at radius 2 is 1.71 bits per heavy atom. The van der Waals surface area contributed by atoms with Crippen molar-refractivity contribution in [3.63, 3.8) is 0 Å². The second-order valence-corrected chi connectivity index (χ2v) is 8.21. The molecule has 0 saturated carbocycles. The molecule has 10 heteroatoms. The second-order valence-electron chi connectivity index (χ2n) is 8.21. The molecular formula is C24H21F3N4O3. The predicted molar refractivity (Wildman–Crippen MR) is 117 cm³/mol. The van der Waals surface area contributed by atoms with Crippen molar-refractivity contribution in [1.82, 2.24) is 14.8 Å². The van der Waals surface area contributed by atoms with E-state index in [2.05, 4.69) is 15.4 Å². The first-order valence-electron chi connectivity index (χ1n) is 10.6. The standard InChI is InChI=1S/C24H21F3N4O3/c1-33-19-8-5-14(11-20(19)34-2)15-9-17-21(18(32)10-15)22(31-23(30-17)28-12-29-31)13-3-6-16(7-4-13)24(25,26)27/h3-8,11-12,15,22H,9-10H2,1-2H3,(H,28,29,30)/t15-,22+/m1/s1. The lowest BCUT2D eigenvalue weighted by molar-refractivity contribution is -0.137. The van der Waals surface area contributed by atoms with Crippen LogP contribution >= 0.6 is 0 Å². The van der Waals surface area contributed by atoms with E-state index in [0.29, 0.717) is 40.7 Å². The van der Waals surface area contributed by atoms with Gasteiger partial charge in [-0.25, -0.2) is 4.68 Å². The monoisotopic (exact) mass is 470 g/mol. The number of ether oxygens (including phenoxy) is 2. The second kappa shape index (κ2) is 8.19. The van der Waals surface area contributed by atoms with Gasteiger partial charge in [0.15, 0.2) is 17.3 Å². The number of aromatic nitrogens is 3. The van der Waals surface area contributed by atoms with Crippen LogP contribution in [-0.2, 0) is 11.0 Å². The lowest BCUT2D eigenvalue weighted by Gasteiger charge is -2.35. The number of ketones is 1. The van der Waals surface area contributed by atoms with E-state index in [1.807, 2.05) is 12.1 Å². The molecular weight excluding hydrogens is 449 g/mol. The van der Waals surface area contributed by atoms with Crippen molar-refractivity contribution in [2.75, 3.05) is 19.5 Å². The van der Waals surface area contributed by atoms with Crippen LogP contribution in [-0.4, -0.2) is 34.8 Å². The van der Waals surface area contributed by atoms with E-state index in [0.717, 1.165) is 17.7 Å². The Hall–Kier alpha value is -3.82. The van der Waals surface area contributed by atoms with Crippen molar-refractivity contribution in [1.29, 1.82) is 0 Å². The molecule has 7 nitrogen and oxygen atoms in total. The Labute approximate surface area is 193 Å². The average molecular weight is 470 g/mol. The van der Waals surface area contributed by atoms with Crippen LogP contribution in [0.25, 0.3) is 0 Å². The number of halogens is 3. The van der Waals surface area contributed by atoms with Gasteiger partial charge >= 0.3 is 6.18 Å². The number of nitrogens with one attached hydrogen (secondary N) is 1. The lowest BCUT2D eigenvalue weighted by Crippen LogP contribution is -2.33. The van der Waals surface area contributed by atoms with Crippen LogP contribution in [0.5, 0.6) is 11.5 Å². The average Bonchev–Trinajstić information content (AvgIpc) is 3.30. The topological polar surface area (TPSA) is 78.3 Å². The van der Waals surface area contributed by atoms with Gasteiger partial charge in [-0.1, -0.05) is 18.2 Å². The predicted octanol–water partition coefficient (Wildman–Crippen LogP) is 4.73. The molecule has 0 bridgehead atoms. The van der Waals surface area contributed by atoms with Gasteiger partial charge in [-0.3, -0.25) is 4.79 Å². The maximum absolute atomic E-state index is 13.4. The zero-order valence-electron chi connectivity index (χ0n) is 18.4. The summed E-state index contributed by atoms with van der Waals surface area (Å²) in [6, 6.07) is 9.74. The van der Waals surface area contributed by atoms with Crippen molar-refractivity contribution in [3.8, 4) is 11.5 Å². The van der Waals surface area contributed by atoms with Gasteiger partial charge in [0.25, 0.3) is 0 Å². The number of carbonyl (C=O) groups is 1. The van der Waals surface area contributed by atoms with Gasteiger partial charge in [-0.05, 0) is 47.7 Å². The SMILES string of the molecule is COc1ccc([C@H]2CC(=O)C3=C(C2)Nc2ncnn2[C@H]3c2ccc(C(F)(F)F)cc2)cc1OC. The Morgan fingerprint density at radius 1 is 1.00 bits per heavy atom. The number of allylic oxidation sites excluding steroid dienone is 2. The Bertz CT molecular complexity index is 1280. The summed E-state index contributed by atoms with van der Waals surface area (Å²) >= 11 is 0. The molecule has 0 radical (unpaired) electrons. The quantitative estimate of drug-likeness (QED) is 0.594. The van der Waals surface area contributed by atoms with E-state index in [-0.39, 0.29) is 18.1 Å². The van der Waals surface area contributed by atoms with Gasteiger partial charge in [-0.15, -0.1) is 0 Å². The minimum absolute atomic E-state index is 0.0976. The van der Waals surface area contributed by atoms with Crippen molar-refractivity contribution in [2.24, 2.45) is 0 Å². The zero-order chi connectivity index (χ0) is 24.0. The third-order valence-electron chi connectivity index (χ3n) is 6.29. The molecule has 176 valence electrons. The van der Waals surface area contributed by atoms with Gasteiger partial charge in [-0.2, -0.15) is 23.3 Å². The van der Waals surface area contributed by atoms with Gasteiger partial charge in [0.2, 0.25) is 5.95 Å². The molecule has 1 aliphatic carbocycles. The van der Waals surface area contributed by atoms with E-state index >= 15 is 0 Å². The van der Waals surface area contributed by atoms with E-state index in [1.165, 1.54) is 23.1 Å². The van der Waals surface area contributed by atoms with Gasteiger partial charge in [0, 0.05) is 17.7 Å². The number of alkyl halides is 3. The van der Waals surface area contributed by atoms with Gasteiger partial charge in [0.1, 0.15) is 12.4 Å². The molecule has 1 N–H and O–H groups in total. The van der Waals surface area contributed by atoms with Crippen LogP contribution in [0.2, 0.25) is 0 Å². The molecule has 0 amide bonds. The number of hydrogen-bond donors (Lipinski definition) is 1. The van der Waals surface area contributed by atoms with Crippen molar-refractivity contribution < 1.29 is 27.4 Å². The number of nitrogens with zero attached hydrogens (tertiary/aromatic N) is 3. The third-order valence-corrected chi connectivity index (χ3v) is 6.29. The van der Waals surface area contributed by atoms with E-state index < -0.39 is 17.8 Å². The summed E-state index contributed by atoms with van der Waals surface area (Å²) in [5, 5.41) is 7.44. The fourth-order valence-corrected chi connectivity index (χ4v) is 4.66. The number of carbonyl (C=O) groups excluding carboxylic acids is 1. The van der Waals surface area contributed by atoms with E-state index in [4.69, 9.17) is 9.47 Å². The summed E-state index contributed by atoms with van der Waals surface area (Å²) in [7, 11) is 3.11. The molecule has 2 aromatic carbocycles. The molecule has 0 fully saturated rings. The third kappa shape index (κ3) is 3.68. The summed E-state index contributed by atoms with van der Waals surface area (Å²) in [4.78, 5) is 17.7. The van der Waals surface area contributed by atoms with Gasteiger partial charge in [0.05, 0.1) is 19.8 Å². The molecule has 3 aromatic rings. The van der Waals surface area contributed by atoms with Gasteiger partial charge < -0.3 is 14.8 Å². The molecule has 0 saturated heterocycles. The number of Topliss-reactive ketones (excluding diaryl/α,β-unsaturated/α-hetero) is 1. The number of benzene rings is 2. The molecule has 2 aliphatic rings. The normalized spacial score (nSPS) is 19.9. The molecule has 1 aromatic heterocycles. The number of fused-ring (bicyclic) bond motifs is 1. The number of hydrogen-bond acceptors (Lipinski definition) is 6. The van der Waals surface area contributed by atoms with Crippen LogP contribution in [0.4, 0.5) is 19.1 Å². The fraction of sp³-hybridized carbons (Fsp3) is 0.292. The Kier molecular flexibility index (Phi) is 5.30. The van der Waals surface area contributed by atoms with Crippen molar-refractivity contribution >= 4 is 11.7 Å². The minimum atomic E-state index is -4.44. The maximum atomic E-state index is 13.4. The molecule has 1 aliphatic heterocycles. The number of methoxy groups -OCH3 is 2. The van der Waals surface area contributed by atoms with Crippen LogP contribution < -0.4 is 14.8 Å². The summed E-state index contributed by atoms with van der Waals surface area (Å²) < 4.78 is 51.5. The van der Waals surface area contributed by atoms with Crippen LogP contribution in [0.15, 0.2) is 60.1 Å². The molecule has 2 atom stereocenters. The van der Waals surface area contributed by atoms with E-state index in [1.54, 1.807) is 20.3 Å². The molecule has 0 spiro atoms. The number of anilines is 1. The summed E-state index contributed by atoms with van der Waals surface area (Å²) in [6.07, 6.45) is -2.31. The molecule has 5 rings (SSSR count). The van der Waals surface area contributed by atoms with Crippen molar-refractivity contribution in [3.05, 3.63) is 76.8 Å². The van der Waals surface area contributed by atoms with Crippen LogP contribution in [0, 0.1) is 0 Å². The zero-order valence-corrected chi connectivity index (χ0v) is 18.4. The van der Waals surface area contributed by atoms with Crippen LogP contribution in [0.1, 0.15) is 41.5 Å². The minimum Gasteiger partial charge on any atom is -0.493 e. The molecule has 34 heavy (non-hydrogen) atoms. The summed E-state index contributed by atoms with van der Waals surface area (Å²) in [5.41, 5.74) is 1.90. The van der Waals surface area contributed by atoms with Crippen molar-refractivity contribution in [2.45, 2.75) is 31.0 Å². The largest absolute Gasteiger partial charge is 0.493 e. The summed E-state index contributed by atoms with van der Waals surface area (Å²) in [6.45, 7) is 0. The maximum Gasteiger partial charge on any atom is 0.416 e. The highest BCUT2D eigenvalue weighted by Gasteiger charge is 2.40. The smallest absolute Gasteiger partial charge is 0.416 e. The summed E-state index contributed by atoms with van der Waals surface area (Å²) in [5.74, 6) is 1.40. The number of rotatable bonds is 4. The fourth-order valence-electron chi connectivity index (χ4n) is 4.66. The molecule has 0 unspecified atom stereocenters. The lowest BCUT2D eigenvalue weighted by atomic mass is 9.78. The first kappa shape index (κ1) is 22.0.